The first-order valence-corrected chi connectivity index (χ1v) is 9.83. The van der Waals surface area contributed by atoms with E-state index in [0.29, 0.717) is 30.4 Å². The van der Waals surface area contributed by atoms with E-state index in [-0.39, 0.29) is 12.5 Å². The largest absolute Gasteiger partial charge is 0.495 e. The van der Waals surface area contributed by atoms with Gasteiger partial charge in [-0.2, -0.15) is 0 Å². The van der Waals surface area contributed by atoms with E-state index in [4.69, 9.17) is 18.7 Å². The Hall–Kier alpha value is -3.16. The lowest BCUT2D eigenvalue weighted by molar-refractivity contribution is -0.121. The van der Waals surface area contributed by atoms with Crippen LogP contribution in [0.4, 0.5) is 5.69 Å². The number of aryl methyl sites for hydroxylation is 1. The second kappa shape index (κ2) is 9.11. The van der Waals surface area contributed by atoms with Gasteiger partial charge in [-0.1, -0.05) is 29.4 Å². The molecule has 3 aromatic rings. The van der Waals surface area contributed by atoms with Gasteiger partial charge in [0.2, 0.25) is 5.91 Å². The number of carbonyl (C=O) groups excluding carboxylic acids is 1. The van der Waals surface area contributed by atoms with E-state index in [0.717, 1.165) is 35.2 Å². The van der Waals surface area contributed by atoms with E-state index in [9.17, 15) is 4.79 Å². The summed E-state index contributed by atoms with van der Waals surface area (Å²) in [5.74, 6) is 1.01. The molecule has 0 saturated heterocycles. The number of hydrogen-bond donors (Lipinski definition) is 1. The fourth-order valence-electron chi connectivity index (χ4n) is 3.65. The van der Waals surface area contributed by atoms with Crippen LogP contribution < -0.4 is 10.1 Å². The predicted octanol–water partition coefficient (Wildman–Crippen LogP) is 3.72. The van der Waals surface area contributed by atoms with Crippen LogP contribution in [0.5, 0.6) is 5.75 Å². The molecule has 7 nitrogen and oxygen atoms in total. The van der Waals surface area contributed by atoms with E-state index in [1.165, 1.54) is 5.56 Å². The molecule has 4 rings (SSSR count). The number of rotatable bonds is 8. The Bertz CT molecular complexity index is 1040. The number of aromatic nitrogens is 1. The number of nitrogens with one attached hydrogen (secondary N) is 1. The highest BCUT2D eigenvalue weighted by molar-refractivity contribution is 5.94. The van der Waals surface area contributed by atoms with Crippen molar-refractivity contribution in [3.8, 4) is 28.3 Å². The fourth-order valence-corrected chi connectivity index (χ4v) is 3.65. The molecular weight excluding hydrogens is 384 g/mol. The quantitative estimate of drug-likeness (QED) is 0.572. The van der Waals surface area contributed by atoms with Crippen molar-refractivity contribution >= 4 is 11.6 Å². The minimum absolute atomic E-state index is 0.0643. The van der Waals surface area contributed by atoms with Crippen molar-refractivity contribution in [1.29, 1.82) is 0 Å². The molecule has 0 fully saturated rings. The van der Waals surface area contributed by atoms with Crippen LogP contribution in [0.2, 0.25) is 0 Å². The number of ether oxygens (including phenoxy) is 3. The van der Waals surface area contributed by atoms with Gasteiger partial charge in [-0.3, -0.25) is 4.79 Å². The fraction of sp³-hybridized carbons (Fsp3) is 0.304. The molecule has 1 aliphatic carbocycles. The molecule has 2 aromatic carbocycles. The molecule has 0 bridgehead atoms. The van der Waals surface area contributed by atoms with Gasteiger partial charge in [0, 0.05) is 23.8 Å². The summed E-state index contributed by atoms with van der Waals surface area (Å²) in [6.07, 6.45) is 1.79. The third-order valence-electron chi connectivity index (χ3n) is 5.11. The number of benzene rings is 2. The number of carbonyl (C=O) groups is 1. The summed E-state index contributed by atoms with van der Waals surface area (Å²) in [5.41, 5.74) is 5.75. The summed E-state index contributed by atoms with van der Waals surface area (Å²) in [6.45, 7) is 0.726. The third kappa shape index (κ3) is 4.08. The molecule has 1 N–H and O–H groups in total. The van der Waals surface area contributed by atoms with E-state index in [2.05, 4.69) is 22.6 Å². The van der Waals surface area contributed by atoms with E-state index in [1.807, 2.05) is 30.3 Å². The Morgan fingerprint density at radius 2 is 2.00 bits per heavy atom. The summed E-state index contributed by atoms with van der Waals surface area (Å²) in [5, 5.41) is 7.18. The molecule has 1 aliphatic rings. The second-order valence-electron chi connectivity index (χ2n) is 7.00. The van der Waals surface area contributed by atoms with Crippen LogP contribution in [-0.4, -0.2) is 45.1 Å². The highest BCUT2D eigenvalue weighted by atomic mass is 16.5. The summed E-state index contributed by atoms with van der Waals surface area (Å²) < 4.78 is 21.3. The predicted molar refractivity (Wildman–Crippen MR) is 113 cm³/mol. The molecule has 0 spiro atoms. The average Bonchev–Trinajstić information content (AvgIpc) is 3.21. The lowest BCUT2D eigenvalue weighted by Gasteiger charge is -2.15. The third-order valence-corrected chi connectivity index (χ3v) is 5.11. The molecule has 1 aromatic heterocycles. The zero-order valence-electron chi connectivity index (χ0n) is 17.1. The molecular formula is C23H24N2O5. The van der Waals surface area contributed by atoms with E-state index >= 15 is 0 Å². The molecule has 156 valence electrons. The van der Waals surface area contributed by atoms with Crippen LogP contribution in [0.1, 0.15) is 11.1 Å². The van der Waals surface area contributed by atoms with Crippen LogP contribution in [0.3, 0.4) is 0 Å². The summed E-state index contributed by atoms with van der Waals surface area (Å²) in [7, 11) is 3.15. The molecule has 0 saturated carbocycles. The van der Waals surface area contributed by atoms with Gasteiger partial charge in [-0.05, 0) is 36.6 Å². The van der Waals surface area contributed by atoms with Crippen molar-refractivity contribution in [3.05, 3.63) is 53.6 Å². The van der Waals surface area contributed by atoms with Gasteiger partial charge in [0.25, 0.3) is 0 Å². The smallest absolute Gasteiger partial charge is 0.250 e. The standard InChI is InChI=1S/C23H24N2O5/c1-27-11-12-29-14-21(26)24-19-13-16(8-10-20(19)28-2)23-18-9-7-15-5-3-4-6-17(15)22(18)25-30-23/h3-6,8,10,13H,7,9,11-12,14H2,1-2H3,(H,24,26). The van der Waals surface area contributed by atoms with E-state index in [1.54, 1.807) is 14.2 Å². The average molecular weight is 408 g/mol. The van der Waals surface area contributed by atoms with Crippen molar-refractivity contribution in [2.75, 3.05) is 39.4 Å². The maximum Gasteiger partial charge on any atom is 0.250 e. The Morgan fingerprint density at radius 1 is 1.13 bits per heavy atom. The Morgan fingerprint density at radius 3 is 2.83 bits per heavy atom. The van der Waals surface area contributed by atoms with Gasteiger partial charge in [0.15, 0.2) is 5.76 Å². The number of methoxy groups -OCH3 is 2. The van der Waals surface area contributed by atoms with Crippen molar-refractivity contribution in [2.24, 2.45) is 0 Å². The first-order chi connectivity index (χ1) is 14.7. The molecule has 1 heterocycles. The lowest BCUT2D eigenvalue weighted by atomic mass is 9.88. The molecule has 1 amide bonds. The second-order valence-corrected chi connectivity index (χ2v) is 7.00. The van der Waals surface area contributed by atoms with Gasteiger partial charge < -0.3 is 24.1 Å². The lowest BCUT2D eigenvalue weighted by Crippen LogP contribution is -2.20. The van der Waals surface area contributed by atoms with Crippen molar-refractivity contribution < 1.29 is 23.5 Å². The van der Waals surface area contributed by atoms with Crippen molar-refractivity contribution in [1.82, 2.24) is 5.16 Å². The van der Waals surface area contributed by atoms with Gasteiger partial charge in [-0.15, -0.1) is 0 Å². The van der Waals surface area contributed by atoms with Gasteiger partial charge in [-0.25, -0.2) is 0 Å². The van der Waals surface area contributed by atoms with Gasteiger partial charge >= 0.3 is 0 Å². The molecule has 0 unspecified atom stereocenters. The summed E-state index contributed by atoms with van der Waals surface area (Å²) in [6, 6.07) is 13.8. The van der Waals surface area contributed by atoms with Gasteiger partial charge in [0.1, 0.15) is 18.1 Å². The maximum absolute atomic E-state index is 12.2. The highest BCUT2D eigenvalue weighted by Crippen LogP contribution is 2.40. The van der Waals surface area contributed by atoms with Gasteiger partial charge in [0.05, 0.1) is 26.0 Å². The minimum atomic E-state index is -0.268. The van der Waals surface area contributed by atoms with Crippen LogP contribution in [0.25, 0.3) is 22.6 Å². The van der Waals surface area contributed by atoms with Crippen LogP contribution in [0, 0.1) is 0 Å². The van der Waals surface area contributed by atoms with Crippen molar-refractivity contribution in [2.45, 2.75) is 12.8 Å². The first-order valence-electron chi connectivity index (χ1n) is 9.83. The number of amides is 1. The number of fused-ring (bicyclic) bond motifs is 3. The number of hydrogen-bond acceptors (Lipinski definition) is 6. The SMILES string of the molecule is COCCOCC(=O)Nc1cc(-c2onc3c2CCc2ccccc2-3)ccc1OC. The van der Waals surface area contributed by atoms with Crippen LogP contribution in [-0.2, 0) is 27.1 Å². The molecule has 0 aliphatic heterocycles. The van der Waals surface area contributed by atoms with Crippen LogP contribution in [0.15, 0.2) is 47.0 Å². The Labute approximate surface area is 174 Å². The highest BCUT2D eigenvalue weighted by Gasteiger charge is 2.25. The summed E-state index contributed by atoms with van der Waals surface area (Å²) >= 11 is 0. The molecule has 0 radical (unpaired) electrons. The zero-order chi connectivity index (χ0) is 20.9. The zero-order valence-corrected chi connectivity index (χ0v) is 17.1. The Balaban J connectivity index is 1.59. The monoisotopic (exact) mass is 408 g/mol. The minimum Gasteiger partial charge on any atom is -0.495 e. The topological polar surface area (TPSA) is 82.8 Å². The van der Waals surface area contributed by atoms with E-state index < -0.39 is 0 Å². The van der Waals surface area contributed by atoms with Crippen molar-refractivity contribution in [3.63, 3.8) is 0 Å². The molecule has 7 heteroatoms. The number of anilines is 1. The maximum atomic E-state index is 12.2. The van der Waals surface area contributed by atoms with Crippen LogP contribution >= 0.6 is 0 Å². The summed E-state index contributed by atoms with van der Waals surface area (Å²) in [4.78, 5) is 12.2. The first kappa shape index (κ1) is 20.1. The molecule has 30 heavy (non-hydrogen) atoms. The molecule has 0 atom stereocenters. The number of nitrogens with zero attached hydrogens (tertiary/aromatic N) is 1. The normalized spacial score (nSPS) is 12.2. The Kier molecular flexibility index (Phi) is 6.11.